The van der Waals surface area contributed by atoms with Gasteiger partial charge in [-0.25, -0.2) is 4.79 Å². The lowest BCUT2D eigenvalue weighted by molar-refractivity contribution is -0.173. The van der Waals surface area contributed by atoms with E-state index in [0.29, 0.717) is 5.56 Å². The lowest BCUT2D eigenvalue weighted by Gasteiger charge is -2.11. The van der Waals surface area contributed by atoms with Crippen molar-refractivity contribution >= 4 is 11.9 Å². The first-order chi connectivity index (χ1) is 9.20. The minimum Gasteiger partial charge on any atom is -0.479 e. The molecule has 1 unspecified atom stereocenters. The average molecular weight is 291 g/mol. The summed E-state index contributed by atoms with van der Waals surface area (Å²) in [7, 11) is 0. The van der Waals surface area contributed by atoms with Gasteiger partial charge >= 0.3 is 18.1 Å². The Kier molecular flexibility index (Phi) is 4.95. The van der Waals surface area contributed by atoms with Crippen molar-refractivity contribution in [2.24, 2.45) is 0 Å². The third kappa shape index (κ3) is 4.79. The summed E-state index contributed by atoms with van der Waals surface area (Å²) in [5.74, 6) is -2.88. The van der Waals surface area contributed by atoms with Crippen LogP contribution in [-0.4, -0.2) is 29.3 Å². The van der Waals surface area contributed by atoms with E-state index in [-0.39, 0.29) is 12.3 Å². The van der Waals surface area contributed by atoms with Crippen LogP contribution in [0.5, 0.6) is 5.75 Å². The number of aliphatic carboxylic acids is 1. The number of nitrogens with one attached hydrogen (secondary N) is 1. The van der Waals surface area contributed by atoms with E-state index in [1.807, 2.05) is 0 Å². The van der Waals surface area contributed by atoms with Crippen molar-refractivity contribution in [3.05, 3.63) is 29.8 Å². The van der Waals surface area contributed by atoms with Crippen LogP contribution in [0.1, 0.15) is 12.5 Å². The maximum Gasteiger partial charge on any atom is 0.471 e. The number of amides is 1. The number of carboxylic acid groups (broad SMARTS) is 1. The van der Waals surface area contributed by atoms with Crippen molar-refractivity contribution in [1.82, 2.24) is 5.32 Å². The number of carboxylic acids is 1. The smallest absolute Gasteiger partial charge is 0.471 e. The fourth-order valence-corrected chi connectivity index (χ4v) is 1.22. The SMILES string of the molecule is CC(Oc1ccc(CNC(=O)C(F)(F)F)cc1)C(=O)O. The van der Waals surface area contributed by atoms with Crippen molar-refractivity contribution in [3.8, 4) is 5.75 Å². The molecule has 0 aliphatic carbocycles. The van der Waals surface area contributed by atoms with Crippen molar-refractivity contribution in [2.45, 2.75) is 25.7 Å². The number of halogens is 3. The van der Waals surface area contributed by atoms with Gasteiger partial charge in [-0.05, 0) is 24.6 Å². The third-order valence-electron chi connectivity index (χ3n) is 2.29. The highest BCUT2D eigenvalue weighted by Gasteiger charge is 2.38. The molecule has 0 aromatic heterocycles. The van der Waals surface area contributed by atoms with Crippen LogP contribution in [0.3, 0.4) is 0 Å². The highest BCUT2D eigenvalue weighted by molar-refractivity contribution is 5.81. The molecule has 2 N–H and O–H groups in total. The van der Waals surface area contributed by atoms with Gasteiger partial charge in [0.15, 0.2) is 6.10 Å². The molecule has 0 saturated carbocycles. The quantitative estimate of drug-likeness (QED) is 0.866. The molecular formula is C12H12F3NO4. The van der Waals surface area contributed by atoms with Crippen LogP contribution in [0.25, 0.3) is 0 Å². The van der Waals surface area contributed by atoms with Crippen LogP contribution >= 0.6 is 0 Å². The van der Waals surface area contributed by atoms with Gasteiger partial charge in [0.1, 0.15) is 5.75 Å². The van der Waals surface area contributed by atoms with Crippen molar-refractivity contribution < 1.29 is 32.6 Å². The van der Waals surface area contributed by atoms with Crippen LogP contribution in [0, 0.1) is 0 Å². The summed E-state index contributed by atoms with van der Waals surface area (Å²) in [6.07, 6.45) is -5.95. The summed E-state index contributed by atoms with van der Waals surface area (Å²) < 4.78 is 40.9. The maximum atomic E-state index is 11.9. The van der Waals surface area contributed by atoms with Crippen LogP contribution < -0.4 is 10.1 Å². The van der Waals surface area contributed by atoms with Crippen LogP contribution in [0.15, 0.2) is 24.3 Å². The van der Waals surface area contributed by atoms with Gasteiger partial charge in [-0.15, -0.1) is 0 Å². The van der Waals surface area contributed by atoms with Crippen molar-refractivity contribution in [1.29, 1.82) is 0 Å². The van der Waals surface area contributed by atoms with Crippen LogP contribution in [0.2, 0.25) is 0 Å². The standard InChI is InChI=1S/C12H12F3NO4/c1-7(10(17)18)20-9-4-2-8(3-5-9)6-16-11(19)12(13,14)15/h2-5,7H,6H2,1H3,(H,16,19)(H,17,18). The Hall–Kier alpha value is -2.25. The molecule has 1 atom stereocenters. The first-order valence-corrected chi connectivity index (χ1v) is 5.53. The molecule has 20 heavy (non-hydrogen) atoms. The molecule has 1 aromatic rings. The summed E-state index contributed by atoms with van der Waals surface area (Å²) in [5.41, 5.74) is 0.429. The monoisotopic (exact) mass is 291 g/mol. The van der Waals surface area contributed by atoms with E-state index in [1.165, 1.54) is 31.2 Å². The number of rotatable bonds is 5. The summed E-state index contributed by atoms with van der Waals surface area (Å²) in [5, 5.41) is 10.4. The molecule has 8 heteroatoms. The third-order valence-corrected chi connectivity index (χ3v) is 2.29. The molecule has 0 aliphatic rings. The van der Waals surface area contributed by atoms with Gasteiger partial charge in [0, 0.05) is 6.54 Å². The van der Waals surface area contributed by atoms with Crippen LogP contribution in [0.4, 0.5) is 13.2 Å². The minimum atomic E-state index is -4.92. The number of hydrogen-bond acceptors (Lipinski definition) is 3. The number of carbonyl (C=O) groups excluding carboxylic acids is 1. The molecule has 1 amide bonds. The lowest BCUT2D eigenvalue weighted by Crippen LogP contribution is -2.36. The topological polar surface area (TPSA) is 75.6 Å². The second-order valence-electron chi connectivity index (χ2n) is 3.92. The second kappa shape index (κ2) is 6.27. The van der Waals surface area contributed by atoms with E-state index in [4.69, 9.17) is 9.84 Å². The number of benzene rings is 1. The fourth-order valence-electron chi connectivity index (χ4n) is 1.22. The number of hydrogen-bond donors (Lipinski definition) is 2. The van der Waals surface area contributed by atoms with E-state index in [9.17, 15) is 22.8 Å². The highest BCUT2D eigenvalue weighted by Crippen LogP contribution is 2.16. The van der Waals surface area contributed by atoms with E-state index in [1.54, 1.807) is 5.32 Å². The zero-order valence-corrected chi connectivity index (χ0v) is 10.4. The Morgan fingerprint density at radius 2 is 1.85 bits per heavy atom. The zero-order chi connectivity index (χ0) is 15.3. The van der Waals surface area contributed by atoms with Crippen LogP contribution in [-0.2, 0) is 16.1 Å². The number of carbonyl (C=O) groups is 2. The molecule has 1 rings (SSSR count). The van der Waals surface area contributed by atoms with Gasteiger partial charge in [-0.3, -0.25) is 4.79 Å². The Bertz CT molecular complexity index is 484. The molecule has 1 aromatic carbocycles. The molecule has 110 valence electrons. The zero-order valence-electron chi connectivity index (χ0n) is 10.4. The summed E-state index contributed by atoms with van der Waals surface area (Å²) in [4.78, 5) is 21.2. The Morgan fingerprint density at radius 1 is 1.30 bits per heavy atom. The van der Waals surface area contributed by atoms with Gasteiger partial charge in [0.05, 0.1) is 0 Å². The molecule has 0 radical (unpaired) electrons. The molecular weight excluding hydrogens is 279 g/mol. The molecule has 0 bridgehead atoms. The van der Waals surface area contributed by atoms with Gasteiger partial charge in [-0.2, -0.15) is 13.2 Å². The van der Waals surface area contributed by atoms with Gasteiger partial charge in [0.2, 0.25) is 0 Å². The Labute approximate surface area is 112 Å². The van der Waals surface area contributed by atoms with E-state index in [2.05, 4.69) is 0 Å². The Morgan fingerprint density at radius 3 is 2.30 bits per heavy atom. The van der Waals surface area contributed by atoms with E-state index < -0.39 is 24.2 Å². The maximum absolute atomic E-state index is 11.9. The molecule has 0 aliphatic heterocycles. The van der Waals surface area contributed by atoms with E-state index >= 15 is 0 Å². The van der Waals surface area contributed by atoms with Crippen molar-refractivity contribution in [3.63, 3.8) is 0 Å². The Balaban J connectivity index is 2.55. The fraction of sp³-hybridized carbons (Fsp3) is 0.333. The highest BCUT2D eigenvalue weighted by atomic mass is 19.4. The van der Waals surface area contributed by atoms with E-state index in [0.717, 1.165) is 0 Å². The predicted octanol–water partition coefficient (Wildman–Crippen LogP) is 1.72. The summed E-state index contributed by atoms with van der Waals surface area (Å²) >= 11 is 0. The summed E-state index contributed by atoms with van der Waals surface area (Å²) in [6.45, 7) is 1.06. The van der Waals surface area contributed by atoms with Gasteiger partial charge < -0.3 is 15.2 Å². The summed E-state index contributed by atoms with van der Waals surface area (Å²) in [6, 6.07) is 5.68. The van der Waals surface area contributed by atoms with Gasteiger partial charge in [0.25, 0.3) is 0 Å². The molecule has 0 spiro atoms. The largest absolute Gasteiger partial charge is 0.479 e. The normalized spacial score (nSPS) is 12.6. The average Bonchev–Trinajstić information content (AvgIpc) is 2.36. The number of ether oxygens (including phenoxy) is 1. The molecule has 5 nitrogen and oxygen atoms in total. The van der Waals surface area contributed by atoms with Crippen molar-refractivity contribution in [2.75, 3.05) is 0 Å². The second-order valence-corrected chi connectivity index (χ2v) is 3.92. The predicted molar refractivity (Wildman–Crippen MR) is 62.1 cm³/mol. The van der Waals surface area contributed by atoms with Gasteiger partial charge in [-0.1, -0.05) is 12.1 Å². The lowest BCUT2D eigenvalue weighted by atomic mass is 10.2. The molecule has 0 saturated heterocycles. The molecule has 0 fully saturated rings. The molecule has 0 heterocycles. The first-order valence-electron chi connectivity index (χ1n) is 5.53. The minimum absolute atomic E-state index is 0.269. The number of alkyl halides is 3. The first kappa shape index (κ1) is 15.8.